The predicted molar refractivity (Wildman–Crippen MR) is 84.6 cm³/mol. The van der Waals surface area contributed by atoms with Crippen LogP contribution < -0.4 is 10.6 Å². The third kappa shape index (κ3) is 4.46. The van der Waals surface area contributed by atoms with E-state index in [4.69, 9.17) is 5.11 Å². The first-order valence-corrected chi connectivity index (χ1v) is 7.82. The van der Waals surface area contributed by atoms with E-state index in [0.717, 1.165) is 18.8 Å². The third-order valence-electron chi connectivity index (χ3n) is 3.82. The Morgan fingerprint density at radius 3 is 2.76 bits per heavy atom. The molecular weight excluding hydrogens is 336 g/mol. The van der Waals surface area contributed by atoms with Crippen molar-refractivity contribution in [1.29, 1.82) is 0 Å². The summed E-state index contributed by atoms with van der Waals surface area (Å²) in [5.74, 6) is 0.256. The minimum absolute atomic E-state index is 0.137. The van der Waals surface area contributed by atoms with E-state index >= 15 is 0 Å². The molecule has 0 spiro atoms. The number of rotatable bonds is 4. The minimum Gasteiger partial charge on any atom is -0.478 e. The second-order valence-corrected chi connectivity index (χ2v) is 6.47. The monoisotopic (exact) mass is 354 g/mol. The van der Waals surface area contributed by atoms with Gasteiger partial charge in [-0.25, -0.2) is 9.59 Å². The van der Waals surface area contributed by atoms with Crippen molar-refractivity contribution in [2.45, 2.75) is 26.2 Å². The average molecular weight is 355 g/mol. The van der Waals surface area contributed by atoms with Crippen molar-refractivity contribution < 1.29 is 14.7 Å². The molecule has 2 unspecified atom stereocenters. The number of benzene rings is 1. The van der Waals surface area contributed by atoms with Crippen LogP contribution in [0.5, 0.6) is 0 Å². The fourth-order valence-electron chi connectivity index (χ4n) is 2.67. The molecule has 1 aliphatic rings. The summed E-state index contributed by atoms with van der Waals surface area (Å²) in [6.45, 7) is 2.89. The molecule has 2 rings (SSSR count). The lowest BCUT2D eigenvalue weighted by Crippen LogP contribution is -2.32. The number of anilines is 1. The van der Waals surface area contributed by atoms with Gasteiger partial charge in [0.1, 0.15) is 0 Å². The first-order valence-electron chi connectivity index (χ1n) is 7.03. The summed E-state index contributed by atoms with van der Waals surface area (Å²) in [5, 5.41) is 14.5. The molecule has 0 aromatic heterocycles. The summed E-state index contributed by atoms with van der Waals surface area (Å²) in [7, 11) is 0. The standard InChI is InChI=1S/C15H19BrN2O3/c1-9-2-3-10(6-9)8-17-15(21)18-13-7-11(14(19)20)4-5-12(13)16/h4-5,7,9-10H,2-3,6,8H2,1H3,(H,19,20)(H2,17,18,21). The van der Waals surface area contributed by atoms with Crippen LogP contribution in [0.4, 0.5) is 10.5 Å². The maximum Gasteiger partial charge on any atom is 0.335 e. The average Bonchev–Trinajstić information content (AvgIpc) is 2.84. The Morgan fingerprint density at radius 2 is 2.14 bits per heavy atom. The maximum atomic E-state index is 11.9. The maximum absolute atomic E-state index is 11.9. The molecule has 21 heavy (non-hydrogen) atoms. The number of hydrogen-bond acceptors (Lipinski definition) is 2. The molecule has 2 atom stereocenters. The van der Waals surface area contributed by atoms with Crippen molar-refractivity contribution >= 4 is 33.6 Å². The highest BCUT2D eigenvalue weighted by molar-refractivity contribution is 9.10. The number of urea groups is 1. The number of carboxylic acid groups (broad SMARTS) is 1. The Labute approximate surface area is 132 Å². The number of amides is 2. The van der Waals surface area contributed by atoms with Crippen LogP contribution in [0, 0.1) is 11.8 Å². The molecule has 1 fully saturated rings. The number of carboxylic acids is 1. The molecule has 0 heterocycles. The van der Waals surface area contributed by atoms with E-state index in [2.05, 4.69) is 33.5 Å². The van der Waals surface area contributed by atoms with Gasteiger partial charge in [0.2, 0.25) is 0 Å². The second-order valence-electron chi connectivity index (χ2n) is 5.62. The number of hydrogen-bond donors (Lipinski definition) is 3. The zero-order chi connectivity index (χ0) is 15.4. The van der Waals surface area contributed by atoms with Crippen molar-refractivity contribution in [3.8, 4) is 0 Å². The SMILES string of the molecule is CC1CCC(CNC(=O)Nc2cc(C(=O)O)ccc2Br)C1. The van der Waals surface area contributed by atoms with E-state index in [1.54, 1.807) is 6.07 Å². The molecule has 2 amide bonds. The Balaban J connectivity index is 1.90. The number of halogens is 1. The fourth-order valence-corrected chi connectivity index (χ4v) is 3.01. The van der Waals surface area contributed by atoms with Gasteiger partial charge in [-0.3, -0.25) is 0 Å². The van der Waals surface area contributed by atoms with Crippen LogP contribution in [0.15, 0.2) is 22.7 Å². The van der Waals surface area contributed by atoms with E-state index in [-0.39, 0.29) is 11.6 Å². The normalized spacial score (nSPS) is 21.0. The zero-order valence-electron chi connectivity index (χ0n) is 11.9. The lowest BCUT2D eigenvalue weighted by molar-refractivity contribution is 0.0697. The quantitative estimate of drug-likeness (QED) is 0.771. The van der Waals surface area contributed by atoms with Crippen LogP contribution in [0.25, 0.3) is 0 Å². The first-order chi connectivity index (χ1) is 9.95. The molecule has 1 aromatic carbocycles. The van der Waals surface area contributed by atoms with Crippen molar-refractivity contribution in [2.75, 3.05) is 11.9 Å². The van der Waals surface area contributed by atoms with E-state index in [9.17, 15) is 9.59 Å². The highest BCUT2D eigenvalue weighted by Crippen LogP contribution is 2.29. The van der Waals surface area contributed by atoms with Gasteiger partial charge in [0, 0.05) is 11.0 Å². The van der Waals surface area contributed by atoms with E-state index in [1.807, 2.05) is 0 Å². The second kappa shape index (κ2) is 6.93. The fraction of sp³-hybridized carbons (Fsp3) is 0.467. The van der Waals surface area contributed by atoms with Gasteiger partial charge in [-0.1, -0.05) is 13.3 Å². The first kappa shape index (κ1) is 15.8. The van der Waals surface area contributed by atoms with Gasteiger partial charge in [-0.05, 0) is 58.8 Å². The highest BCUT2D eigenvalue weighted by atomic mass is 79.9. The Bertz CT molecular complexity index is 548. The summed E-state index contributed by atoms with van der Waals surface area (Å²) in [6, 6.07) is 4.22. The molecule has 1 aliphatic carbocycles. The Morgan fingerprint density at radius 1 is 1.38 bits per heavy atom. The lowest BCUT2D eigenvalue weighted by Gasteiger charge is -2.13. The highest BCUT2D eigenvalue weighted by Gasteiger charge is 2.21. The molecule has 0 aliphatic heterocycles. The zero-order valence-corrected chi connectivity index (χ0v) is 13.4. The van der Waals surface area contributed by atoms with Crippen LogP contribution in [0.3, 0.4) is 0 Å². The van der Waals surface area contributed by atoms with Crippen molar-refractivity contribution in [1.82, 2.24) is 5.32 Å². The van der Waals surface area contributed by atoms with Crippen LogP contribution in [0.1, 0.15) is 36.5 Å². The molecule has 1 aromatic rings. The summed E-state index contributed by atoms with van der Waals surface area (Å²) in [4.78, 5) is 22.8. The Kier molecular flexibility index (Phi) is 5.22. The van der Waals surface area contributed by atoms with Gasteiger partial charge in [-0.15, -0.1) is 0 Å². The van der Waals surface area contributed by atoms with Crippen LogP contribution >= 0.6 is 15.9 Å². The molecule has 6 heteroatoms. The van der Waals surface area contributed by atoms with Gasteiger partial charge in [0.25, 0.3) is 0 Å². The van der Waals surface area contributed by atoms with Crippen molar-refractivity contribution in [3.63, 3.8) is 0 Å². The van der Waals surface area contributed by atoms with Crippen LogP contribution in [0.2, 0.25) is 0 Å². The van der Waals surface area contributed by atoms with Crippen molar-refractivity contribution in [3.05, 3.63) is 28.2 Å². The van der Waals surface area contributed by atoms with Crippen LogP contribution in [-0.4, -0.2) is 23.7 Å². The molecular formula is C15H19BrN2O3. The number of nitrogens with one attached hydrogen (secondary N) is 2. The predicted octanol–water partition coefficient (Wildman–Crippen LogP) is 3.71. The molecule has 3 N–H and O–H groups in total. The minimum atomic E-state index is -1.02. The summed E-state index contributed by atoms with van der Waals surface area (Å²) >= 11 is 3.30. The van der Waals surface area contributed by atoms with E-state index < -0.39 is 5.97 Å². The van der Waals surface area contributed by atoms with Gasteiger partial charge in [0.05, 0.1) is 11.3 Å². The molecule has 5 nitrogen and oxygen atoms in total. The number of carbonyl (C=O) groups is 2. The van der Waals surface area contributed by atoms with Gasteiger partial charge in [0.15, 0.2) is 0 Å². The summed E-state index contributed by atoms with van der Waals surface area (Å²) < 4.78 is 0.650. The third-order valence-corrected chi connectivity index (χ3v) is 4.51. The summed E-state index contributed by atoms with van der Waals surface area (Å²) in [6.07, 6.45) is 3.53. The summed E-state index contributed by atoms with van der Waals surface area (Å²) in [5.41, 5.74) is 0.588. The van der Waals surface area contributed by atoms with Gasteiger partial charge in [-0.2, -0.15) is 0 Å². The molecule has 0 bridgehead atoms. The number of carbonyl (C=O) groups excluding carboxylic acids is 1. The topological polar surface area (TPSA) is 78.4 Å². The largest absolute Gasteiger partial charge is 0.478 e. The number of aromatic carboxylic acids is 1. The lowest BCUT2D eigenvalue weighted by atomic mass is 10.1. The molecule has 1 saturated carbocycles. The van der Waals surface area contributed by atoms with Gasteiger partial charge >= 0.3 is 12.0 Å². The Hall–Kier alpha value is -1.56. The smallest absolute Gasteiger partial charge is 0.335 e. The van der Waals surface area contributed by atoms with Crippen LogP contribution in [-0.2, 0) is 0 Å². The van der Waals surface area contributed by atoms with Gasteiger partial charge < -0.3 is 15.7 Å². The molecule has 114 valence electrons. The molecule has 0 saturated heterocycles. The van der Waals surface area contributed by atoms with Crippen molar-refractivity contribution in [2.24, 2.45) is 11.8 Å². The molecule has 0 radical (unpaired) electrons. The van der Waals surface area contributed by atoms with E-state index in [0.29, 0.717) is 22.6 Å². The van der Waals surface area contributed by atoms with E-state index in [1.165, 1.54) is 18.6 Å².